The van der Waals surface area contributed by atoms with Crippen molar-refractivity contribution in [2.45, 2.75) is 26.1 Å². The summed E-state index contributed by atoms with van der Waals surface area (Å²) in [5, 5.41) is 2.16. The van der Waals surface area contributed by atoms with E-state index < -0.39 is 17.4 Å². The molecule has 2 aliphatic rings. The number of benzene rings is 1. The summed E-state index contributed by atoms with van der Waals surface area (Å²) in [6.45, 7) is 5.64. The molecule has 140 valence electrons. The predicted molar refractivity (Wildman–Crippen MR) is 100 cm³/mol. The number of imide groups is 1. The number of ether oxygens (including phenoxy) is 1. The lowest BCUT2D eigenvalue weighted by Crippen LogP contribution is -2.45. The third kappa shape index (κ3) is 2.87. The number of rotatable bonds is 2. The first kappa shape index (κ1) is 17.3. The summed E-state index contributed by atoms with van der Waals surface area (Å²) in [5.74, 6) is -1.23. The van der Waals surface area contributed by atoms with Crippen LogP contribution in [0.4, 0.5) is 11.5 Å². The second-order valence-electron chi connectivity index (χ2n) is 6.95. The minimum Gasteiger partial charge on any atom is -0.384 e. The molecule has 1 aromatic carbocycles. The van der Waals surface area contributed by atoms with Crippen molar-refractivity contribution in [1.29, 1.82) is 0 Å². The Hall–Kier alpha value is -3.13. The first-order valence-electron chi connectivity index (χ1n) is 8.77. The van der Waals surface area contributed by atoms with Crippen molar-refractivity contribution in [2.75, 3.05) is 23.7 Å². The maximum Gasteiger partial charge on any atom is 0.262 e. The number of hydrogen-bond acceptors (Lipinski definition) is 6. The molecule has 0 saturated carbocycles. The van der Waals surface area contributed by atoms with Crippen LogP contribution in [0.25, 0.3) is 5.69 Å². The van der Waals surface area contributed by atoms with E-state index in [-0.39, 0.29) is 29.2 Å². The SMILES string of the molecule is CC1CN(c2ccc(-n3c(N)c4c(cc3=O)C(=O)NC4=O)cc2)CC(C)O1. The Morgan fingerprint density at radius 1 is 1.00 bits per heavy atom. The molecular formula is C19H20N4O4. The molecule has 3 heterocycles. The van der Waals surface area contributed by atoms with Crippen molar-refractivity contribution in [3.63, 3.8) is 0 Å². The maximum absolute atomic E-state index is 12.5. The number of nitrogens with one attached hydrogen (secondary N) is 1. The van der Waals surface area contributed by atoms with Gasteiger partial charge < -0.3 is 15.4 Å². The number of aromatic nitrogens is 1. The van der Waals surface area contributed by atoms with E-state index in [9.17, 15) is 14.4 Å². The average Bonchev–Trinajstić information content (AvgIpc) is 2.88. The van der Waals surface area contributed by atoms with Crippen molar-refractivity contribution in [2.24, 2.45) is 0 Å². The molecule has 3 N–H and O–H groups in total. The van der Waals surface area contributed by atoms with Gasteiger partial charge in [0.05, 0.1) is 29.0 Å². The van der Waals surface area contributed by atoms with Crippen LogP contribution in [-0.2, 0) is 4.74 Å². The predicted octanol–water partition coefficient (Wildman–Crippen LogP) is 0.917. The Kier molecular flexibility index (Phi) is 4.00. The normalized spacial score (nSPS) is 21.9. The van der Waals surface area contributed by atoms with E-state index in [4.69, 9.17) is 10.5 Å². The van der Waals surface area contributed by atoms with E-state index in [1.54, 1.807) is 12.1 Å². The van der Waals surface area contributed by atoms with Gasteiger partial charge in [0.2, 0.25) is 0 Å². The molecule has 1 saturated heterocycles. The molecule has 2 aromatic rings. The van der Waals surface area contributed by atoms with Crippen molar-refractivity contribution in [3.8, 4) is 5.69 Å². The largest absolute Gasteiger partial charge is 0.384 e. The Morgan fingerprint density at radius 3 is 2.22 bits per heavy atom. The van der Waals surface area contributed by atoms with Gasteiger partial charge in [-0.25, -0.2) is 0 Å². The maximum atomic E-state index is 12.5. The molecule has 2 amide bonds. The van der Waals surface area contributed by atoms with Gasteiger partial charge >= 0.3 is 0 Å². The molecule has 8 heteroatoms. The third-order valence-corrected chi connectivity index (χ3v) is 4.85. The highest BCUT2D eigenvalue weighted by Crippen LogP contribution is 2.25. The Labute approximate surface area is 155 Å². The zero-order chi connectivity index (χ0) is 19.3. The van der Waals surface area contributed by atoms with Gasteiger partial charge in [-0.3, -0.25) is 24.3 Å². The van der Waals surface area contributed by atoms with Crippen LogP contribution in [0.15, 0.2) is 35.1 Å². The lowest BCUT2D eigenvalue weighted by atomic mass is 10.1. The number of fused-ring (bicyclic) bond motifs is 1. The molecule has 0 bridgehead atoms. The topological polar surface area (TPSA) is 107 Å². The van der Waals surface area contributed by atoms with Gasteiger partial charge in [0.25, 0.3) is 17.4 Å². The highest BCUT2D eigenvalue weighted by molar-refractivity contribution is 6.23. The number of hydrogen-bond donors (Lipinski definition) is 2. The molecule has 27 heavy (non-hydrogen) atoms. The van der Waals surface area contributed by atoms with E-state index in [0.717, 1.165) is 24.8 Å². The van der Waals surface area contributed by atoms with Crippen molar-refractivity contribution >= 4 is 23.3 Å². The first-order valence-corrected chi connectivity index (χ1v) is 8.77. The summed E-state index contributed by atoms with van der Waals surface area (Å²) in [5.41, 5.74) is 7.21. The molecule has 2 atom stereocenters. The first-order chi connectivity index (χ1) is 12.8. The van der Waals surface area contributed by atoms with Crippen LogP contribution in [0.2, 0.25) is 0 Å². The number of pyridine rings is 1. The van der Waals surface area contributed by atoms with Crippen LogP contribution in [-0.4, -0.2) is 41.7 Å². The van der Waals surface area contributed by atoms with E-state index in [1.807, 2.05) is 26.0 Å². The van der Waals surface area contributed by atoms with Crippen molar-refractivity contribution in [1.82, 2.24) is 9.88 Å². The van der Waals surface area contributed by atoms with E-state index in [0.29, 0.717) is 5.69 Å². The van der Waals surface area contributed by atoms with Gasteiger partial charge in [-0.15, -0.1) is 0 Å². The fourth-order valence-corrected chi connectivity index (χ4v) is 3.75. The Balaban J connectivity index is 1.71. The molecule has 2 aliphatic heterocycles. The number of nitrogens with zero attached hydrogens (tertiary/aromatic N) is 2. The molecule has 0 radical (unpaired) electrons. The summed E-state index contributed by atoms with van der Waals surface area (Å²) < 4.78 is 7.00. The minimum absolute atomic E-state index is 0.0201. The van der Waals surface area contributed by atoms with Crippen LogP contribution in [0.5, 0.6) is 0 Å². The molecular weight excluding hydrogens is 348 g/mol. The van der Waals surface area contributed by atoms with E-state index in [1.165, 1.54) is 4.57 Å². The highest BCUT2D eigenvalue weighted by atomic mass is 16.5. The third-order valence-electron chi connectivity index (χ3n) is 4.85. The summed E-state index contributed by atoms with van der Waals surface area (Å²) >= 11 is 0. The number of anilines is 2. The zero-order valence-electron chi connectivity index (χ0n) is 15.1. The van der Waals surface area contributed by atoms with E-state index >= 15 is 0 Å². The second-order valence-corrected chi connectivity index (χ2v) is 6.95. The number of amides is 2. The molecule has 4 rings (SSSR count). The molecule has 0 aliphatic carbocycles. The average molecular weight is 368 g/mol. The number of nitrogens with two attached hydrogens (primary N) is 1. The Morgan fingerprint density at radius 2 is 1.59 bits per heavy atom. The summed E-state index contributed by atoms with van der Waals surface area (Å²) in [6.07, 6.45) is 0.277. The van der Waals surface area contributed by atoms with Crippen LogP contribution in [0.1, 0.15) is 34.6 Å². The molecule has 0 spiro atoms. The molecule has 8 nitrogen and oxygen atoms in total. The minimum atomic E-state index is -0.600. The van der Waals surface area contributed by atoms with Gasteiger partial charge in [-0.05, 0) is 38.1 Å². The van der Waals surface area contributed by atoms with Crippen LogP contribution in [0, 0.1) is 0 Å². The number of carbonyl (C=O) groups excluding carboxylic acids is 2. The monoisotopic (exact) mass is 368 g/mol. The fraction of sp³-hybridized carbons (Fsp3) is 0.316. The summed E-state index contributed by atoms with van der Waals surface area (Å²) in [4.78, 5) is 38.4. The lowest BCUT2D eigenvalue weighted by Gasteiger charge is -2.36. The molecule has 1 fully saturated rings. The highest BCUT2D eigenvalue weighted by Gasteiger charge is 2.32. The standard InChI is InChI=1S/C19H20N4O4/c1-10-8-22(9-11(2)27-10)12-3-5-13(6-4-12)23-15(24)7-14-16(17(23)20)19(26)21-18(14)25/h3-7,10-11H,8-9,20H2,1-2H3,(H,21,25,26). The van der Waals surface area contributed by atoms with Gasteiger partial charge in [-0.1, -0.05) is 0 Å². The van der Waals surface area contributed by atoms with Gasteiger partial charge in [0, 0.05) is 24.8 Å². The van der Waals surface area contributed by atoms with E-state index in [2.05, 4.69) is 10.2 Å². The van der Waals surface area contributed by atoms with Gasteiger partial charge in [0.15, 0.2) is 0 Å². The smallest absolute Gasteiger partial charge is 0.262 e. The number of nitrogen functional groups attached to an aromatic ring is 1. The zero-order valence-corrected chi connectivity index (χ0v) is 15.1. The van der Waals surface area contributed by atoms with Gasteiger partial charge in [0.1, 0.15) is 5.82 Å². The molecule has 1 aromatic heterocycles. The Bertz CT molecular complexity index is 986. The van der Waals surface area contributed by atoms with Crippen molar-refractivity contribution < 1.29 is 14.3 Å². The lowest BCUT2D eigenvalue weighted by molar-refractivity contribution is -0.00522. The molecule has 2 unspecified atom stereocenters. The van der Waals surface area contributed by atoms with Crippen LogP contribution in [0.3, 0.4) is 0 Å². The number of morpholine rings is 1. The van der Waals surface area contributed by atoms with Crippen molar-refractivity contribution in [3.05, 3.63) is 51.8 Å². The van der Waals surface area contributed by atoms with Crippen LogP contribution >= 0.6 is 0 Å². The summed E-state index contributed by atoms with van der Waals surface area (Å²) in [7, 11) is 0. The second kappa shape index (κ2) is 6.24. The quantitative estimate of drug-likeness (QED) is 0.764. The fourth-order valence-electron chi connectivity index (χ4n) is 3.75. The van der Waals surface area contributed by atoms with Crippen LogP contribution < -0.4 is 21.5 Å². The number of carbonyl (C=O) groups is 2. The summed E-state index contributed by atoms with van der Waals surface area (Å²) in [6, 6.07) is 8.51. The van der Waals surface area contributed by atoms with Gasteiger partial charge in [-0.2, -0.15) is 0 Å².